The Kier molecular flexibility index (Phi) is 2.88. The first-order chi connectivity index (χ1) is 6.34. The van der Waals surface area contributed by atoms with Crippen molar-refractivity contribution in [3.63, 3.8) is 0 Å². The van der Waals surface area contributed by atoms with Gasteiger partial charge in [0.1, 0.15) is 5.15 Å². The van der Waals surface area contributed by atoms with Crippen molar-refractivity contribution < 1.29 is 0 Å². The summed E-state index contributed by atoms with van der Waals surface area (Å²) in [6, 6.07) is 7.95. The minimum atomic E-state index is 0.543. The zero-order valence-corrected chi connectivity index (χ0v) is 8.99. The lowest BCUT2D eigenvalue weighted by Gasteiger charge is -1.97. The van der Waals surface area contributed by atoms with Crippen LogP contribution in [0.3, 0.4) is 0 Å². The molecule has 2 aromatic heterocycles. The van der Waals surface area contributed by atoms with E-state index >= 15 is 0 Å². The first-order valence-electron chi connectivity index (χ1n) is 3.67. The Morgan fingerprint density at radius 1 is 1.38 bits per heavy atom. The van der Waals surface area contributed by atoms with Gasteiger partial charge in [0.15, 0.2) is 0 Å². The number of rotatable bonds is 2. The van der Waals surface area contributed by atoms with E-state index in [1.807, 2.05) is 18.2 Å². The van der Waals surface area contributed by atoms with E-state index < -0.39 is 0 Å². The van der Waals surface area contributed by atoms with E-state index in [1.165, 1.54) is 4.21 Å². The summed E-state index contributed by atoms with van der Waals surface area (Å²) < 4.78 is 1.27. The van der Waals surface area contributed by atoms with Gasteiger partial charge in [0, 0.05) is 11.1 Å². The fraction of sp³-hybridized carbons (Fsp3) is 0. The lowest BCUT2D eigenvalue weighted by Crippen LogP contribution is -1.74. The molecule has 2 rings (SSSR count). The van der Waals surface area contributed by atoms with Crippen LogP contribution < -0.4 is 0 Å². The number of thiophene rings is 1. The molecule has 0 atom stereocenters. The third-order valence-electron chi connectivity index (χ3n) is 1.41. The lowest BCUT2D eigenvalue weighted by molar-refractivity contribution is 1.26. The van der Waals surface area contributed by atoms with E-state index in [1.54, 1.807) is 29.3 Å². The average molecular weight is 228 g/mol. The van der Waals surface area contributed by atoms with Crippen LogP contribution in [0.2, 0.25) is 5.15 Å². The zero-order chi connectivity index (χ0) is 9.10. The molecule has 0 aliphatic carbocycles. The maximum absolute atomic E-state index is 5.76. The molecule has 0 saturated heterocycles. The largest absolute Gasteiger partial charge is 0.244 e. The van der Waals surface area contributed by atoms with Crippen molar-refractivity contribution in [1.82, 2.24) is 4.98 Å². The van der Waals surface area contributed by atoms with Crippen LogP contribution >= 0.6 is 34.7 Å². The van der Waals surface area contributed by atoms with Gasteiger partial charge in [-0.15, -0.1) is 11.3 Å². The first kappa shape index (κ1) is 9.06. The summed E-state index contributed by atoms with van der Waals surface area (Å²) in [5, 5.41) is 2.60. The normalized spacial score (nSPS) is 10.2. The van der Waals surface area contributed by atoms with Crippen LogP contribution in [0, 0.1) is 0 Å². The van der Waals surface area contributed by atoms with Crippen molar-refractivity contribution in [3.05, 3.63) is 41.0 Å². The molecule has 0 unspecified atom stereocenters. The Bertz CT molecular complexity index is 386. The van der Waals surface area contributed by atoms with Gasteiger partial charge in [-0.3, -0.25) is 0 Å². The molecule has 0 amide bonds. The number of hydrogen-bond donors (Lipinski definition) is 0. The molecular weight excluding hydrogens is 222 g/mol. The number of hydrogen-bond acceptors (Lipinski definition) is 3. The molecule has 0 radical (unpaired) electrons. The summed E-state index contributed by atoms with van der Waals surface area (Å²) >= 11 is 9.19. The van der Waals surface area contributed by atoms with Crippen molar-refractivity contribution in [1.29, 1.82) is 0 Å². The molecule has 66 valence electrons. The summed E-state index contributed by atoms with van der Waals surface area (Å²) in [6.07, 6.45) is 1.72. The maximum Gasteiger partial charge on any atom is 0.130 e. The number of pyridine rings is 1. The summed E-state index contributed by atoms with van der Waals surface area (Å²) in [7, 11) is 0. The number of nitrogens with zero attached hydrogens (tertiary/aromatic N) is 1. The molecule has 0 aliphatic rings. The fourth-order valence-corrected chi connectivity index (χ4v) is 2.90. The van der Waals surface area contributed by atoms with Crippen LogP contribution in [-0.4, -0.2) is 4.98 Å². The summed E-state index contributed by atoms with van der Waals surface area (Å²) in [4.78, 5) is 5.05. The maximum atomic E-state index is 5.76. The molecular formula is C9H6ClNS2. The molecule has 0 aromatic carbocycles. The minimum absolute atomic E-state index is 0.543. The van der Waals surface area contributed by atoms with Gasteiger partial charge >= 0.3 is 0 Å². The standard InChI is InChI=1S/C9H6ClNS2/c10-8-6-7(3-4-11-8)13-9-2-1-5-12-9/h1-6H. The summed E-state index contributed by atoms with van der Waals surface area (Å²) in [6.45, 7) is 0. The van der Waals surface area contributed by atoms with Crippen molar-refractivity contribution >= 4 is 34.7 Å². The second kappa shape index (κ2) is 4.13. The average Bonchev–Trinajstić information content (AvgIpc) is 2.57. The van der Waals surface area contributed by atoms with Gasteiger partial charge in [-0.1, -0.05) is 29.4 Å². The van der Waals surface area contributed by atoms with Gasteiger partial charge in [-0.05, 0) is 23.6 Å². The molecule has 4 heteroatoms. The minimum Gasteiger partial charge on any atom is -0.244 e. The topological polar surface area (TPSA) is 12.9 Å². The highest BCUT2D eigenvalue weighted by Crippen LogP contribution is 2.31. The number of halogens is 1. The van der Waals surface area contributed by atoms with E-state index in [0.29, 0.717) is 5.15 Å². The van der Waals surface area contributed by atoms with E-state index in [2.05, 4.69) is 16.4 Å². The summed E-state index contributed by atoms with van der Waals surface area (Å²) in [5.41, 5.74) is 0. The van der Waals surface area contributed by atoms with Gasteiger partial charge in [0.25, 0.3) is 0 Å². The lowest BCUT2D eigenvalue weighted by atomic mass is 10.5. The molecule has 2 aromatic rings. The van der Waals surface area contributed by atoms with Crippen LogP contribution in [-0.2, 0) is 0 Å². The quantitative estimate of drug-likeness (QED) is 0.721. The predicted octanol–water partition coefficient (Wildman–Crippen LogP) is 3.95. The van der Waals surface area contributed by atoms with Crippen molar-refractivity contribution in [3.8, 4) is 0 Å². The van der Waals surface area contributed by atoms with Gasteiger partial charge in [-0.2, -0.15) is 0 Å². The van der Waals surface area contributed by atoms with Crippen molar-refractivity contribution in [2.45, 2.75) is 9.10 Å². The highest BCUT2D eigenvalue weighted by atomic mass is 35.5. The van der Waals surface area contributed by atoms with E-state index in [0.717, 1.165) is 4.90 Å². The van der Waals surface area contributed by atoms with Crippen LogP contribution in [0.1, 0.15) is 0 Å². The molecule has 1 nitrogen and oxygen atoms in total. The highest BCUT2D eigenvalue weighted by molar-refractivity contribution is 8.01. The molecule has 0 saturated carbocycles. The molecule has 0 fully saturated rings. The summed E-state index contributed by atoms with van der Waals surface area (Å²) in [5.74, 6) is 0. The van der Waals surface area contributed by atoms with Gasteiger partial charge in [-0.25, -0.2) is 4.98 Å². The smallest absolute Gasteiger partial charge is 0.130 e. The van der Waals surface area contributed by atoms with Crippen molar-refractivity contribution in [2.75, 3.05) is 0 Å². The van der Waals surface area contributed by atoms with E-state index in [9.17, 15) is 0 Å². The molecule has 0 aliphatic heterocycles. The Hall–Kier alpha value is -0.510. The zero-order valence-electron chi connectivity index (χ0n) is 6.61. The molecule has 0 N–H and O–H groups in total. The van der Waals surface area contributed by atoms with Gasteiger partial charge in [0.2, 0.25) is 0 Å². The molecule has 13 heavy (non-hydrogen) atoms. The SMILES string of the molecule is Clc1cc(Sc2cccs2)ccn1. The van der Waals surface area contributed by atoms with Gasteiger partial charge in [0.05, 0.1) is 4.21 Å². The Balaban J connectivity index is 2.19. The fourth-order valence-electron chi connectivity index (χ4n) is 0.886. The first-order valence-corrected chi connectivity index (χ1v) is 5.75. The Morgan fingerprint density at radius 3 is 3.00 bits per heavy atom. The predicted molar refractivity (Wildman–Crippen MR) is 57.7 cm³/mol. The monoisotopic (exact) mass is 227 g/mol. The van der Waals surface area contributed by atoms with Gasteiger partial charge < -0.3 is 0 Å². The molecule has 0 spiro atoms. The van der Waals surface area contributed by atoms with E-state index in [-0.39, 0.29) is 0 Å². The van der Waals surface area contributed by atoms with Crippen LogP contribution in [0.25, 0.3) is 0 Å². The second-order valence-corrected chi connectivity index (χ2v) is 5.06. The second-order valence-electron chi connectivity index (χ2n) is 2.35. The molecule has 2 heterocycles. The van der Waals surface area contributed by atoms with E-state index in [4.69, 9.17) is 11.6 Å². The van der Waals surface area contributed by atoms with Crippen molar-refractivity contribution in [2.24, 2.45) is 0 Å². The van der Waals surface area contributed by atoms with Crippen LogP contribution in [0.5, 0.6) is 0 Å². The third-order valence-corrected chi connectivity index (χ3v) is 3.65. The Morgan fingerprint density at radius 2 is 2.31 bits per heavy atom. The van der Waals surface area contributed by atoms with Crippen LogP contribution in [0.15, 0.2) is 44.9 Å². The third kappa shape index (κ3) is 2.46. The molecule has 0 bridgehead atoms. The number of aromatic nitrogens is 1. The van der Waals surface area contributed by atoms with Crippen LogP contribution in [0.4, 0.5) is 0 Å². The highest BCUT2D eigenvalue weighted by Gasteiger charge is 1.98. The Labute approximate surface area is 89.8 Å².